The minimum absolute atomic E-state index is 0.0253. The molecule has 6 heteroatoms. The maximum absolute atomic E-state index is 13.9. The highest BCUT2D eigenvalue weighted by Crippen LogP contribution is 2.23. The van der Waals surface area contributed by atoms with E-state index in [2.05, 4.69) is 5.32 Å². The van der Waals surface area contributed by atoms with E-state index in [1.54, 1.807) is 6.07 Å². The first-order chi connectivity index (χ1) is 9.09. The largest absolute Gasteiger partial charge is 0.377 e. The first kappa shape index (κ1) is 14.2. The minimum Gasteiger partial charge on any atom is -0.377 e. The van der Waals surface area contributed by atoms with Gasteiger partial charge in [0.2, 0.25) is 5.91 Å². The number of nitrogens with one attached hydrogen (secondary N) is 1. The summed E-state index contributed by atoms with van der Waals surface area (Å²) in [6, 6.07) is 3.62. The van der Waals surface area contributed by atoms with Crippen molar-refractivity contribution >= 4 is 17.5 Å². The van der Waals surface area contributed by atoms with Crippen molar-refractivity contribution in [1.29, 1.82) is 0 Å². The number of hydrogen-bond acceptors (Lipinski definition) is 3. The van der Waals surface area contributed by atoms with E-state index >= 15 is 0 Å². The summed E-state index contributed by atoms with van der Waals surface area (Å²) in [5, 5.41) is 2.92. The highest BCUT2D eigenvalue weighted by molar-refractivity contribution is 6.30. The van der Waals surface area contributed by atoms with Crippen LogP contribution in [-0.4, -0.2) is 25.2 Å². The van der Waals surface area contributed by atoms with E-state index in [9.17, 15) is 9.18 Å². The molecule has 0 aliphatic carbocycles. The van der Waals surface area contributed by atoms with Crippen LogP contribution in [0, 0.1) is 5.82 Å². The Morgan fingerprint density at radius 3 is 3.05 bits per heavy atom. The van der Waals surface area contributed by atoms with Crippen molar-refractivity contribution in [3.63, 3.8) is 0 Å². The lowest BCUT2D eigenvalue weighted by Gasteiger charge is -2.19. The zero-order valence-corrected chi connectivity index (χ0v) is 11.1. The van der Waals surface area contributed by atoms with E-state index in [1.165, 1.54) is 12.1 Å². The van der Waals surface area contributed by atoms with Crippen LogP contribution in [0.5, 0.6) is 0 Å². The lowest BCUT2D eigenvalue weighted by atomic mass is 10.1. The molecule has 2 unspecified atom stereocenters. The number of primary amides is 1. The van der Waals surface area contributed by atoms with Crippen molar-refractivity contribution in [2.45, 2.75) is 25.0 Å². The molecule has 0 aromatic heterocycles. The quantitative estimate of drug-likeness (QED) is 0.867. The number of amides is 1. The lowest BCUT2D eigenvalue weighted by Crippen LogP contribution is -2.38. The first-order valence-corrected chi connectivity index (χ1v) is 6.55. The number of hydrogen-bond donors (Lipinski definition) is 2. The van der Waals surface area contributed by atoms with Crippen molar-refractivity contribution in [1.82, 2.24) is 5.32 Å². The SMILES string of the molecule is NC(=O)C(NCC1CCCO1)c1cccc(Cl)c1F. The Morgan fingerprint density at radius 1 is 1.63 bits per heavy atom. The van der Waals surface area contributed by atoms with Crippen LogP contribution in [0.4, 0.5) is 4.39 Å². The summed E-state index contributed by atoms with van der Waals surface area (Å²) in [7, 11) is 0. The molecule has 2 rings (SSSR count). The van der Waals surface area contributed by atoms with E-state index in [-0.39, 0.29) is 16.7 Å². The maximum Gasteiger partial charge on any atom is 0.239 e. The summed E-state index contributed by atoms with van der Waals surface area (Å²) in [5.74, 6) is -1.26. The van der Waals surface area contributed by atoms with Crippen molar-refractivity contribution in [2.24, 2.45) is 5.73 Å². The van der Waals surface area contributed by atoms with Gasteiger partial charge in [0.25, 0.3) is 0 Å². The average Bonchev–Trinajstić information content (AvgIpc) is 2.87. The summed E-state index contributed by atoms with van der Waals surface area (Å²) >= 11 is 5.71. The first-order valence-electron chi connectivity index (χ1n) is 6.18. The molecule has 0 radical (unpaired) electrons. The third-order valence-corrected chi connectivity index (χ3v) is 3.44. The number of benzene rings is 1. The molecule has 1 aromatic carbocycles. The normalized spacial score (nSPS) is 20.4. The van der Waals surface area contributed by atoms with E-state index in [4.69, 9.17) is 22.1 Å². The Labute approximate surface area is 116 Å². The van der Waals surface area contributed by atoms with E-state index in [1.807, 2.05) is 0 Å². The number of ether oxygens (including phenoxy) is 1. The van der Waals surface area contributed by atoms with Gasteiger partial charge in [0.1, 0.15) is 11.9 Å². The summed E-state index contributed by atoms with van der Waals surface area (Å²) in [4.78, 5) is 11.5. The maximum atomic E-state index is 13.9. The average molecular weight is 287 g/mol. The van der Waals surface area contributed by atoms with Crippen LogP contribution < -0.4 is 11.1 Å². The third-order valence-electron chi connectivity index (χ3n) is 3.15. The van der Waals surface area contributed by atoms with Crippen molar-refractivity contribution in [2.75, 3.05) is 13.2 Å². The monoisotopic (exact) mass is 286 g/mol. The highest BCUT2D eigenvalue weighted by Gasteiger charge is 2.24. The zero-order valence-electron chi connectivity index (χ0n) is 10.4. The second-order valence-corrected chi connectivity index (χ2v) is 4.93. The van der Waals surface area contributed by atoms with Gasteiger partial charge in [-0.15, -0.1) is 0 Å². The molecule has 1 aromatic rings. The van der Waals surface area contributed by atoms with Crippen LogP contribution in [0.1, 0.15) is 24.4 Å². The van der Waals surface area contributed by atoms with Gasteiger partial charge >= 0.3 is 0 Å². The number of carbonyl (C=O) groups is 1. The molecule has 1 aliphatic heterocycles. The van der Waals surface area contributed by atoms with Crippen LogP contribution in [0.25, 0.3) is 0 Å². The van der Waals surface area contributed by atoms with Crippen LogP contribution in [0.15, 0.2) is 18.2 Å². The third kappa shape index (κ3) is 3.43. The Balaban J connectivity index is 2.10. The van der Waals surface area contributed by atoms with E-state index in [0.717, 1.165) is 19.4 Å². The molecule has 1 amide bonds. The molecule has 0 spiro atoms. The molecular formula is C13H16ClFN2O2. The molecule has 1 saturated heterocycles. The predicted molar refractivity (Wildman–Crippen MR) is 70.3 cm³/mol. The Hall–Kier alpha value is -1.17. The van der Waals surface area contributed by atoms with Gasteiger partial charge < -0.3 is 10.5 Å². The van der Waals surface area contributed by atoms with Gasteiger partial charge in [-0.25, -0.2) is 4.39 Å². The number of rotatable bonds is 5. The van der Waals surface area contributed by atoms with Gasteiger partial charge in [-0.05, 0) is 18.9 Å². The van der Waals surface area contributed by atoms with Crippen molar-refractivity contribution in [3.05, 3.63) is 34.6 Å². The van der Waals surface area contributed by atoms with E-state index < -0.39 is 17.8 Å². The van der Waals surface area contributed by atoms with Gasteiger partial charge in [-0.3, -0.25) is 10.1 Å². The molecule has 0 bridgehead atoms. The Bertz CT molecular complexity index is 464. The van der Waals surface area contributed by atoms with Crippen LogP contribution in [0.3, 0.4) is 0 Å². The molecule has 0 saturated carbocycles. The van der Waals surface area contributed by atoms with Crippen molar-refractivity contribution < 1.29 is 13.9 Å². The van der Waals surface area contributed by atoms with Crippen molar-refractivity contribution in [3.8, 4) is 0 Å². The number of nitrogens with two attached hydrogens (primary N) is 1. The fourth-order valence-electron chi connectivity index (χ4n) is 2.16. The topological polar surface area (TPSA) is 64.4 Å². The molecule has 1 fully saturated rings. The fourth-order valence-corrected chi connectivity index (χ4v) is 2.34. The summed E-state index contributed by atoms with van der Waals surface area (Å²) in [6.45, 7) is 1.18. The summed E-state index contributed by atoms with van der Waals surface area (Å²) in [5.41, 5.74) is 5.49. The molecule has 4 nitrogen and oxygen atoms in total. The standard InChI is InChI=1S/C13H16ClFN2O2/c14-10-5-1-4-9(11(10)15)12(13(16)18)17-7-8-3-2-6-19-8/h1,4-5,8,12,17H,2-3,6-7H2,(H2,16,18). The van der Waals surface area contributed by atoms with Crippen LogP contribution in [0.2, 0.25) is 5.02 Å². The Kier molecular flexibility index (Phi) is 4.74. The van der Waals surface area contributed by atoms with E-state index in [0.29, 0.717) is 6.54 Å². The molecule has 2 atom stereocenters. The second kappa shape index (κ2) is 6.32. The minimum atomic E-state index is -0.900. The predicted octanol–water partition coefficient (Wildman–Crippen LogP) is 1.77. The van der Waals surface area contributed by atoms with Gasteiger partial charge in [-0.2, -0.15) is 0 Å². The summed E-state index contributed by atoms with van der Waals surface area (Å²) in [6.07, 6.45) is 1.97. The summed E-state index contributed by atoms with van der Waals surface area (Å²) < 4.78 is 19.3. The lowest BCUT2D eigenvalue weighted by molar-refractivity contribution is -0.120. The second-order valence-electron chi connectivity index (χ2n) is 4.52. The van der Waals surface area contributed by atoms with Gasteiger partial charge in [0.05, 0.1) is 11.1 Å². The van der Waals surface area contributed by atoms with Crippen LogP contribution in [-0.2, 0) is 9.53 Å². The van der Waals surface area contributed by atoms with Gasteiger partial charge in [-0.1, -0.05) is 23.7 Å². The molecule has 19 heavy (non-hydrogen) atoms. The molecule has 3 N–H and O–H groups in total. The molecule has 1 heterocycles. The zero-order chi connectivity index (χ0) is 13.8. The van der Waals surface area contributed by atoms with Crippen LogP contribution >= 0.6 is 11.6 Å². The molecular weight excluding hydrogens is 271 g/mol. The molecule has 104 valence electrons. The smallest absolute Gasteiger partial charge is 0.239 e. The number of halogens is 2. The fraction of sp³-hybridized carbons (Fsp3) is 0.462. The van der Waals surface area contributed by atoms with Gasteiger partial charge in [0, 0.05) is 18.7 Å². The van der Waals surface area contributed by atoms with Gasteiger partial charge in [0.15, 0.2) is 0 Å². The highest BCUT2D eigenvalue weighted by atomic mass is 35.5. The molecule has 1 aliphatic rings. The Morgan fingerprint density at radius 2 is 2.42 bits per heavy atom. The number of carbonyl (C=O) groups excluding carboxylic acids is 1.